The Bertz CT molecular complexity index is 866. The van der Waals surface area contributed by atoms with Crippen molar-refractivity contribution in [2.24, 2.45) is 0 Å². The fourth-order valence-corrected chi connectivity index (χ4v) is 3.96. The average Bonchev–Trinajstić information content (AvgIpc) is 3.21. The Labute approximate surface area is 167 Å². The lowest BCUT2D eigenvalue weighted by atomic mass is 9.77. The maximum atomic E-state index is 4.94. The lowest BCUT2D eigenvalue weighted by Gasteiger charge is -2.36. The standard InChI is InChI=1S/C23H19IN2/c24-18-22-16-17-26(25-22)23(19-10-4-1-5-11-19,20-12-6-2-7-13-20)21-14-8-3-9-15-21/h1-17H,18H2. The molecule has 3 aromatic carbocycles. The van der Waals surface area contributed by atoms with Gasteiger partial charge in [0.25, 0.3) is 0 Å². The minimum Gasteiger partial charge on any atom is -0.253 e. The van der Waals surface area contributed by atoms with Gasteiger partial charge in [0, 0.05) is 10.6 Å². The molecule has 0 bridgehead atoms. The van der Waals surface area contributed by atoms with Gasteiger partial charge in [0.15, 0.2) is 0 Å². The molecule has 4 rings (SSSR count). The van der Waals surface area contributed by atoms with Gasteiger partial charge in [-0.1, -0.05) is 114 Å². The molecule has 0 atom stereocenters. The minimum atomic E-state index is -0.506. The van der Waals surface area contributed by atoms with Gasteiger partial charge in [-0.2, -0.15) is 5.10 Å². The number of rotatable bonds is 5. The molecule has 0 spiro atoms. The molecule has 0 aliphatic carbocycles. The summed E-state index contributed by atoms with van der Waals surface area (Å²) in [5.74, 6) is 0. The Hall–Kier alpha value is -2.40. The first-order valence-electron chi connectivity index (χ1n) is 8.63. The van der Waals surface area contributed by atoms with Crippen LogP contribution in [0, 0.1) is 0 Å². The largest absolute Gasteiger partial charge is 0.253 e. The van der Waals surface area contributed by atoms with Crippen molar-refractivity contribution in [2.75, 3.05) is 0 Å². The van der Waals surface area contributed by atoms with Gasteiger partial charge in [-0.25, -0.2) is 0 Å². The van der Waals surface area contributed by atoms with Gasteiger partial charge >= 0.3 is 0 Å². The van der Waals surface area contributed by atoms with Gasteiger partial charge in [-0.15, -0.1) is 0 Å². The first-order valence-corrected chi connectivity index (χ1v) is 10.2. The van der Waals surface area contributed by atoms with Gasteiger partial charge in [-0.05, 0) is 22.8 Å². The van der Waals surface area contributed by atoms with Crippen LogP contribution in [0.15, 0.2) is 103 Å². The summed E-state index contributed by atoms with van der Waals surface area (Å²) in [7, 11) is 0. The van der Waals surface area contributed by atoms with Gasteiger partial charge < -0.3 is 0 Å². The summed E-state index contributed by atoms with van der Waals surface area (Å²) in [6, 6.07) is 34.0. The molecule has 26 heavy (non-hydrogen) atoms. The van der Waals surface area contributed by atoms with Gasteiger partial charge in [0.2, 0.25) is 0 Å². The second-order valence-corrected chi connectivity index (χ2v) is 6.96. The zero-order valence-electron chi connectivity index (χ0n) is 14.3. The first-order chi connectivity index (χ1) is 12.9. The molecule has 1 aromatic heterocycles. The number of nitrogens with zero attached hydrogens (tertiary/aromatic N) is 2. The highest BCUT2D eigenvalue weighted by molar-refractivity contribution is 14.1. The van der Waals surface area contributed by atoms with Gasteiger partial charge in [-0.3, -0.25) is 4.68 Å². The summed E-state index contributed by atoms with van der Waals surface area (Å²) in [6.07, 6.45) is 2.10. The summed E-state index contributed by atoms with van der Waals surface area (Å²) in [5, 5.41) is 4.94. The zero-order chi connectivity index (χ0) is 17.8. The van der Waals surface area contributed by atoms with E-state index in [2.05, 4.69) is 131 Å². The second kappa shape index (κ2) is 7.46. The van der Waals surface area contributed by atoms with Crippen LogP contribution in [0.4, 0.5) is 0 Å². The highest BCUT2D eigenvalue weighted by Gasteiger charge is 2.39. The van der Waals surface area contributed by atoms with Crippen LogP contribution in [0.3, 0.4) is 0 Å². The van der Waals surface area contributed by atoms with Crippen molar-refractivity contribution >= 4 is 22.6 Å². The molecule has 128 valence electrons. The summed E-state index contributed by atoms with van der Waals surface area (Å²) in [5.41, 5.74) is 4.16. The highest BCUT2D eigenvalue weighted by Crippen LogP contribution is 2.40. The molecular formula is C23H19IN2. The molecule has 2 nitrogen and oxygen atoms in total. The molecule has 0 aliphatic rings. The predicted octanol–water partition coefficient (Wildman–Crippen LogP) is 5.66. The molecule has 0 unspecified atom stereocenters. The quantitative estimate of drug-likeness (QED) is 0.218. The highest BCUT2D eigenvalue weighted by atomic mass is 127. The summed E-state index contributed by atoms with van der Waals surface area (Å²) >= 11 is 2.36. The molecule has 0 radical (unpaired) electrons. The van der Waals surface area contributed by atoms with Crippen LogP contribution in [0.5, 0.6) is 0 Å². The van der Waals surface area contributed by atoms with Crippen molar-refractivity contribution in [3.63, 3.8) is 0 Å². The molecule has 4 aromatic rings. The summed E-state index contributed by atoms with van der Waals surface area (Å²) < 4.78 is 3.00. The Balaban J connectivity index is 2.10. The third-order valence-corrected chi connectivity index (χ3v) is 5.48. The lowest BCUT2D eigenvalue weighted by molar-refractivity contribution is 0.457. The third kappa shape index (κ3) is 2.86. The number of benzene rings is 3. The number of hydrogen-bond acceptors (Lipinski definition) is 1. The SMILES string of the molecule is ICc1ccn(C(c2ccccc2)(c2ccccc2)c2ccccc2)n1. The lowest BCUT2D eigenvalue weighted by Crippen LogP contribution is -2.38. The molecule has 0 N–H and O–H groups in total. The minimum absolute atomic E-state index is 0.506. The Morgan fingerprint density at radius 2 is 1.08 bits per heavy atom. The molecule has 0 fully saturated rings. The monoisotopic (exact) mass is 450 g/mol. The fraction of sp³-hybridized carbons (Fsp3) is 0.0870. The van der Waals surface area contributed by atoms with Crippen LogP contribution in [-0.4, -0.2) is 9.78 Å². The molecule has 0 aliphatic heterocycles. The Kier molecular flexibility index (Phi) is 4.89. The molecular weight excluding hydrogens is 431 g/mol. The van der Waals surface area contributed by atoms with Crippen molar-refractivity contribution in [1.82, 2.24) is 9.78 Å². The van der Waals surface area contributed by atoms with E-state index in [1.54, 1.807) is 0 Å². The molecule has 3 heteroatoms. The molecule has 0 amide bonds. The topological polar surface area (TPSA) is 17.8 Å². The van der Waals surface area contributed by atoms with E-state index >= 15 is 0 Å². The van der Waals surface area contributed by atoms with Crippen LogP contribution >= 0.6 is 22.6 Å². The van der Waals surface area contributed by atoms with E-state index in [0.29, 0.717) is 0 Å². The number of aromatic nitrogens is 2. The van der Waals surface area contributed by atoms with Crippen molar-refractivity contribution in [3.05, 3.63) is 126 Å². The van der Waals surface area contributed by atoms with E-state index in [0.717, 1.165) is 10.1 Å². The van der Waals surface area contributed by atoms with Crippen molar-refractivity contribution in [2.45, 2.75) is 9.97 Å². The number of alkyl halides is 1. The van der Waals surface area contributed by atoms with Crippen LogP contribution in [-0.2, 0) is 9.97 Å². The molecule has 1 heterocycles. The average molecular weight is 450 g/mol. The zero-order valence-corrected chi connectivity index (χ0v) is 16.5. The maximum Gasteiger partial charge on any atom is 0.137 e. The smallest absolute Gasteiger partial charge is 0.137 e. The molecule has 0 saturated carbocycles. The van der Waals surface area contributed by atoms with Crippen LogP contribution < -0.4 is 0 Å². The second-order valence-electron chi connectivity index (χ2n) is 6.19. The van der Waals surface area contributed by atoms with Crippen LogP contribution in [0.2, 0.25) is 0 Å². The normalized spacial score (nSPS) is 11.4. The fourth-order valence-electron chi connectivity index (χ4n) is 3.55. The number of halogens is 1. The van der Waals surface area contributed by atoms with E-state index < -0.39 is 5.54 Å². The van der Waals surface area contributed by atoms with E-state index in [4.69, 9.17) is 5.10 Å². The van der Waals surface area contributed by atoms with E-state index in [1.165, 1.54) is 16.7 Å². The maximum absolute atomic E-state index is 4.94. The Morgan fingerprint density at radius 3 is 1.42 bits per heavy atom. The van der Waals surface area contributed by atoms with Crippen LogP contribution in [0.1, 0.15) is 22.4 Å². The van der Waals surface area contributed by atoms with E-state index in [9.17, 15) is 0 Å². The van der Waals surface area contributed by atoms with Gasteiger partial charge in [0.05, 0.1) is 5.69 Å². The van der Waals surface area contributed by atoms with Crippen LogP contribution in [0.25, 0.3) is 0 Å². The Morgan fingerprint density at radius 1 is 0.654 bits per heavy atom. The number of hydrogen-bond donors (Lipinski definition) is 0. The van der Waals surface area contributed by atoms with Crippen molar-refractivity contribution < 1.29 is 0 Å². The van der Waals surface area contributed by atoms with Crippen molar-refractivity contribution in [3.8, 4) is 0 Å². The first kappa shape index (κ1) is 17.0. The summed E-state index contributed by atoms with van der Waals surface area (Å²) in [6.45, 7) is 0. The van der Waals surface area contributed by atoms with E-state index in [1.807, 2.05) is 0 Å². The summed E-state index contributed by atoms with van der Waals surface area (Å²) in [4.78, 5) is 0. The van der Waals surface area contributed by atoms with Crippen molar-refractivity contribution in [1.29, 1.82) is 0 Å². The third-order valence-electron chi connectivity index (χ3n) is 4.70. The predicted molar refractivity (Wildman–Crippen MR) is 115 cm³/mol. The van der Waals surface area contributed by atoms with E-state index in [-0.39, 0.29) is 0 Å². The van der Waals surface area contributed by atoms with Gasteiger partial charge in [0.1, 0.15) is 5.54 Å². The molecule has 0 saturated heterocycles.